The van der Waals surface area contributed by atoms with E-state index >= 15 is 0 Å². The van der Waals surface area contributed by atoms with Gasteiger partial charge in [0.25, 0.3) is 0 Å². The van der Waals surface area contributed by atoms with Crippen LogP contribution in [0.1, 0.15) is 25.3 Å². The maximum atomic E-state index is 6.24. The van der Waals surface area contributed by atoms with Gasteiger partial charge in [0.2, 0.25) is 0 Å². The van der Waals surface area contributed by atoms with Crippen LogP contribution in [0.2, 0.25) is 0 Å². The molecule has 1 spiro atoms. The van der Waals surface area contributed by atoms with Crippen molar-refractivity contribution in [3.05, 3.63) is 29.8 Å². The summed E-state index contributed by atoms with van der Waals surface area (Å²) in [5, 5.41) is 3.37. The molecule has 1 fully saturated rings. The second kappa shape index (κ2) is 4.65. The molecule has 2 aliphatic heterocycles. The second-order valence-corrected chi connectivity index (χ2v) is 4.85. The summed E-state index contributed by atoms with van der Waals surface area (Å²) in [5.41, 5.74) is 0.965. The van der Waals surface area contributed by atoms with Gasteiger partial charge in [-0.1, -0.05) is 6.07 Å². The highest BCUT2D eigenvalue weighted by atomic mass is 16.5. The van der Waals surface area contributed by atoms with Crippen LogP contribution in [0.15, 0.2) is 24.3 Å². The molecule has 1 N–H and O–H groups in total. The zero-order valence-electron chi connectivity index (χ0n) is 10.7. The van der Waals surface area contributed by atoms with Gasteiger partial charge in [0.15, 0.2) is 0 Å². The monoisotopic (exact) mass is 245 g/mol. The van der Waals surface area contributed by atoms with Gasteiger partial charge < -0.3 is 14.8 Å². The molecule has 0 bridgehead atoms. The Morgan fingerprint density at radius 3 is 2.94 bits per heavy atom. The van der Waals surface area contributed by atoms with Crippen molar-refractivity contribution in [2.45, 2.75) is 25.4 Å². The van der Waals surface area contributed by atoms with Crippen LogP contribution in [-0.4, -0.2) is 25.3 Å². The van der Waals surface area contributed by atoms with E-state index in [1.54, 1.807) is 0 Å². The SMILES string of the molecule is CCOc1cccc2c1C=CC1(CCNCC1)O2. The van der Waals surface area contributed by atoms with E-state index in [0.717, 1.165) is 43.0 Å². The number of ether oxygens (including phenoxy) is 2. The Morgan fingerprint density at radius 2 is 2.17 bits per heavy atom. The topological polar surface area (TPSA) is 30.5 Å². The average molecular weight is 245 g/mol. The number of hydrogen-bond donors (Lipinski definition) is 1. The first kappa shape index (κ1) is 11.6. The Kier molecular flexibility index (Phi) is 3.00. The molecule has 0 saturated carbocycles. The van der Waals surface area contributed by atoms with Crippen molar-refractivity contribution in [3.8, 4) is 11.5 Å². The highest BCUT2D eigenvalue weighted by Crippen LogP contribution is 2.39. The van der Waals surface area contributed by atoms with Crippen LogP contribution in [-0.2, 0) is 0 Å². The highest BCUT2D eigenvalue weighted by molar-refractivity contribution is 5.67. The third-order valence-corrected chi connectivity index (χ3v) is 3.64. The van der Waals surface area contributed by atoms with E-state index in [1.807, 2.05) is 25.1 Å². The number of benzene rings is 1. The second-order valence-electron chi connectivity index (χ2n) is 4.85. The smallest absolute Gasteiger partial charge is 0.131 e. The fourth-order valence-corrected chi connectivity index (χ4v) is 2.67. The van der Waals surface area contributed by atoms with Crippen LogP contribution in [0, 0.1) is 0 Å². The Bertz CT molecular complexity index is 462. The van der Waals surface area contributed by atoms with Crippen molar-refractivity contribution in [2.75, 3.05) is 19.7 Å². The lowest BCUT2D eigenvalue weighted by molar-refractivity contribution is 0.0818. The van der Waals surface area contributed by atoms with Gasteiger partial charge in [-0.2, -0.15) is 0 Å². The van der Waals surface area contributed by atoms with Crippen LogP contribution < -0.4 is 14.8 Å². The quantitative estimate of drug-likeness (QED) is 0.868. The zero-order valence-corrected chi connectivity index (χ0v) is 10.7. The van der Waals surface area contributed by atoms with Gasteiger partial charge in [-0.15, -0.1) is 0 Å². The molecular formula is C15H19NO2. The molecule has 0 aliphatic carbocycles. The van der Waals surface area contributed by atoms with Gasteiger partial charge in [-0.3, -0.25) is 0 Å². The summed E-state index contributed by atoms with van der Waals surface area (Å²) >= 11 is 0. The third kappa shape index (κ3) is 1.99. The highest BCUT2D eigenvalue weighted by Gasteiger charge is 2.34. The minimum absolute atomic E-state index is 0.108. The first-order valence-corrected chi connectivity index (χ1v) is 6.68. The number of hydrogen-bond acceptors (Lipinski definition) is 3. The van der Waals surface area contributed by atoms with Gasteiger partial charge in [-0.25, -0.2) is 0 Å². The third-order valence-electron chi connectivity index (χ3n) is 3.64. The molecular weight excluding hydrogens is 226 g/mol. The average Bonchev–Trinajstić information content (AvgIpc) is 2.40. The van der Waals surface area contributed by atoms with E-state index < -0.39 is 0 Å². The summed E-state index contributed by atoms with van der Waals surface area (Å²) in [5.74, 6) is 1.86. The Morgan fingerprint density at radius 1 is 1.33 bits per heavy atom. The molecule has 1 aromatic rings. The number of fused-ring (bicyclic) bond motifs is 1. The molecule has 2 aliphatic rings. The number of nitrogens with one attached hydrogen (secondary N) is 1. The fraction of sp³-hybridized carbons (Fsp3) is 0.467. The van der Waals surface area contributed by atoms with Gasteiger partial charge in [0.1, 0.15) is 17.1 Å². The summed E-state index contributed by atoms with van der Waals surface area (Å²) in [6.07, 6.45) is 6.43. The molecule has 18 heavy (non-hydrogen) atoms. The molecule has 0 atom stereocenters. The van der Waals surface area contributed by atoms with Gasteiger partial charge in [0.05, 0.1) is 12.2 Å². The Labute approximate surface area is 108 Å². The Balaban J connectivity index is 1.92. The van der Waals surface area contributed by atoms with E-state index in [4.69, 9.17) is 9.47 Å². The van der Waals surface area contributed by atoms with Gasteiger partial charge >= 0.3 is 0 Å². The van der Waals surface area contributed by atoms with Crippen LogP contribution in [0.4, 0.5) is 0 Å². The lowest BCUT2D eigenvalue weighted by atomic mass is 9.89. The van der Waals surface area contributed by atoms with Crippen LogP contribution in [0.5, 0.6) is 11.5 Å². The lowest BCUT2D eigenvalue weighted by Crippen LogP contribution is -2.45. The molecule has 1 aromatic carbocycles. The van der Waals surface area contributed by atoms with Crippen LogP contribution in [0.25, 0.3) is 6.08 Å². The standard InChI is InChI=1S/C15H19NO2/c1-2-17-13-4-3-5-14-12(13)6-7-15(18-14)8-10-16-11-9-15/h3-7,16H,2,8-11H2,1H3. The van der Waals surface area contributed by atoms with Crippen molar-refractivity contribution < 1.29 is 9.47 Å². The maximum Gasteiger partial charge on any atom is 0.131 e. The molecule has 1 saturated heterocycles. The van der Waals surface area contributed by atoms with Crippen molar-refractivity contribution in [3.63, 3.8) is 0 Å². The van der Waals surface area contributed by atoms with Gasteiger partial charge in [0, 0.05) is 12.8 Å². The molecule has 2 heterocycles. The van der Waals surface area contributed by atoms with Gasteiger partial charge in [-0.05, 0) is 44.3 Å². The lowest BCUT2D eigenvalue weighted by Gasteiger charge is -2.38. The van der Waals surface area contributed by atoms with E-state index in [9.17, 15) is 0 Å². The van der Waals surface area contributed by atoms with Crippen molar-refractivity contribution in [1.29, 1.82) is 0 Å². The summed E-state index contributed by atoms with van der Waals surface area (Å²) in [6, 6.07) is 6.03. The first-order chi connectivity index (χ1) is 8.83. The van der Waals surface area contributed by atoms with Crippen molar-refractivity contribution in [1.82, 2.24) is 5.32 Å². The van der Waals surface area contributed by atoms with E-state index in [1.165, 1.54) is 0 Å². The zero-order chi connectivity index (χ0) is 12.4. The van der Waals surface area contributed by atoms with Crippen LogP contribution in [0.3, 0.4) is 0 Å². The Hall–Kier alpha value is -1.48. The minimum Gasteiger partial charge on any atom is -0.493 e. The summed E-state index contributed by atoms with van der Waals surface area (Å²) in [7, 11) is 0. The molecule has 3 nitrogen and oxygen atoms in total. The molecule has 0 amide bonds. The molecule has 3 rings (SSSR count). The molecule has 96 valence electrons. The summed E-state index contributed by atoms with van der Waals surface area (Å²) in [4.78, 5) is 0. The van der Waals surface area contributed by atoms with Crippen molar-refractivity contribution >= 4 is 6.08 Å². The normalized spacial score (nSPS) is 20.3. The molecule has 0 aromatic heterocycles. The minimum atomic E-state index is -0.108. The van der Waals surface area contributed by atoms with E-state index in [0.29, 0.717) is 6.61 Å². The van der Waals surface area contributed by atoms with Crippen LogP contribution >= 0.6 is 0 Å². The predicted octanol–water partition coefficient (Wildman–Crippen LogP) is 2.61. The molecule has 3 heteroatoms. The van der Waals surface area contributed by atoms with Crippen molar-refractivity contribution in [2.24, 2.45) is 0 Å². The number of rotatable bonds is 2. The number of piperidine rings is 1. The first-order valence-electron chi connectivity index (χ1n) is 6.68. The molecule has 0 radical (unpaired) electrons. The largest absolute Gasteiger partial charge is 0.493 e. The predicted molar refractivity (Wildman–Crippen MR) is 72.1 cm³/mol. The fourth-order valence-electron chi connectivity index (χ4n) is 2.67. The summed E-state index contributed by atoms with van der Waals surface area (Å²) < 4.78 is 11.9. The maximum absolute atomic E-state index is 6.24. The van der Waals surface area contributed by atoms with E-state index in [2.05, 4.69) is 17.5 Å². The molecule has 0 unspecified atom stereocenters. The van der Waals surface area contributed by atoms with E-state index in [-0.39, 0.29) is 5.60 Å². The summed E-state index contributed by atoms with van der Waals surface area (Å²) in [6.45, 7) is 4.72.